The number of Topliss-reactive ketones (excluding diaryl/α,β-unsaturated/α-hetero) is 1. The highest BCUT2D eigenvalue weighted by Crippen LogP contribution is 2.21. The maximum Gasteiger partial charge on any atom is 0.304 e. The monoisotopic (exact) mass is 295 g/mol. The molecule has 1 heterocycles. The summed E-state index contributed by atoms with van der Waals surface area (Å²) in [4.78, 5) is 25.0. The first kappa shape index (κ1) is 15.0. The van der Waals surface area contributed by atoms with Gasteiger partial charge in [-0.05, 0) is 43.7 Å². The van der Waals surface area contributed by atoms with Crippen LogP contribution in [0, 0.1) is 0 Å². The molecule has 108 valence electrons. The van der Waals surface area contributed by atoms with E-state index in [1.807, 2.05) is 0 Å². The molecule has 1 fully saturated rings. The highest BCUT2D eigenvalue weighted by atomic mass is 35.5. The Hall–Kier alpha value is -1.39. The van der Waals surface area contributed by atoms with E-state index >= 15 is 0 Å². The van der Waals surface area contributed by atoms with E-state index in [9.17, 15) is 9.59 Å². The molecule has 1 unspecified atom stereocenters. The molecule has 4 nitrogen and oxygen atoms in total. The van der Waals surface area contributed by atoms with E-state index in [-0.39, 0.29) is 18.2 Å². The van der Waals surface area contributed by atoms with Gasteiger partial charge in [-0.2, -0.15) is 0 Å². The SMILES string of the molecule is O=C(O)CC1CCCN1CCC(=O)c1ccc(Cl)cc1. The molecule has 1 aliphatic rings. The quantitative estimate of drug-likeness (QED) is 0.820. The third-order valence-electron chi connectivity index (χ3n) is 3.70. The van der Waals surface area contributed by atoms with Gasteiger partial charge in [-0.25, -0.2) is 0 Å². The average molecular weight is 296 g/mol. The molecule has 0 radical (unpaired) electrons. The summed E-state index contributed by atoms with van der Waals surface area (Å²) in [6, 6.07) is 6.94. The number of hydrogen-bond acceptors (Lipinski definition) is 3. The van der Waals surface area contributed by atoms with Crippen LogP contribution in [-0.2, 0) is 4.79 Å². The van der Waals surface area contributed by atoms with Crippen molar-refractivity contribution in [2.75, 3.05) is 13.1 Å². The summed E-state index contributed by atoms with van der Waals surface area (Å²) in [6.07, 6.45) is 2.49. The van der Waals surface area contributed by atoms with Crippen molar-refractivity contribution in [3.05, 3.63) is 34.9 Å². The van der Waals surface area contributed by atoms with Crippen LogP contribution in [0.5, 0.6) is 0 Å². The number of carboxylic acid groups (broad SMARTS) is 1. The fourth-order valence-corrected chi connectivity index (χ4v) is 2.77. The van der Waals surface area contributed by atoms with Crippen LogP contribution in [-0.4, -0.2) is 40.9 Å². The van der Waals surface area contributed by atoms with Crippen LogP contribution >= 0.6 is 11.6 Å². The summed E-state index contributed by atoms with van der Waals surface area (Å²) in [6.45, 7) is 1.51. The normalized spacial score (nSPS) is 19.1. The molecule has 0 bridgehead atoms. The zero-order valence-electron chi connectivity index (χ0n) is 11.2. The number of carbonyl (C=O) groups is 2. The van der Waals surface area contributed by atoms with Crippen molar-refractivity contribution in [3.63, 3.8) is 0 Å². The second-order valence-corrected chi connectivity index (χ2v) is 5.55. The fourth-order valence-electron chi connectivity index (χ4n) is 2.65. The minimum absolute atomic E-state index is 0.0719. The Morgan fingerprint density at radius 3 is 2.65 bits per heavy atom. The number of carbonyl (C=O) groups excluding carboxylic acids is 1. The molecule has 0 spiro atoms. The molecule has 1 atom stereocenters. The molecule has 1 N–H and O–H groups in total. The lowest BCUT2D eigenvalue weighted by atomic mass is 10.1. The summed E-state index contributed by atoms with van der Waals surface area (Å²) >= 11 is 5.79. The highest BCUT2D eigenvalue weighted by molar-refractivity contribution is 6.30. The third-order valence-corrected chi connectivity index (χ3v) is 3.95. The van der Waals surface area contributed by atoms with Crippen LogP contribution in [0.15, 0.2) is 24.3 Å². The number of nitrogens with zero attached hydrogens (tertiary/aromatic N) is 1. The van der Waals surface area contributed by atoms with Crippen molar-refractivity contribution in [2.45, 2.75) is 31.7 Å². The summed E-state index contributed by atoms with van der Waals surface area (Å²) < 4.78 is 0. The van der Waals surface area contributed by atoms with E-state index in [0.29, 0.717) is 23.6 Å². The molecule has 2 rings (SSSR count). The number of ketones is 1. The molecule has 20 heavy (non-hydrogen) atoms. The number of aliphatic carboxylic acids is 1. The number of carboxylic acids is 1. The number of hydrogen-bond donors (Lipinski definition) is 1. The lowest BCUT2D eigenvalue weighted by Crippen LogP contribution is -2.33. The Labute approximate surface area is 123 Å². The first-order chi connectivity index (χ1) is 9.56. The summed E-state index contributed by atoms with van der Waals surface area (Å²) in [5.74, 6) is -0.700. The van der Waals surface area contributed by atoms with Crippen LogP contribution in [0.25, 0.3) is 0 Å². The largest absolute Gasteiger partial charge is 0.481 e. The minimum atomic E-state index is -0.772. The molecule has 5 heteroatoms. The van der Waals surface area contributed by atoms with Crippen LogP contribution in [0.3, 0.4) is 0 Å². The maximum atomic E-state index is 12.1. The van der Waals surface area contributed by atoms with Gasteiger partial charge in [0.1, 0.15) is 0 Å². The van der Waals surface area contributed by atoms with Gasteiger partial charge in [-0.1, -0.05) is 11.6 Å². The van der Waals surface area contributed by atoms with Crippen molar-refractivity contribution in [1.29, 1.82) is 0 Å². The lowest BCUT2D eigenvalue weighted by Gasteiger charge is -2.22. The summed E-state index contributed by atoms with van der Waals surface area (Å²) in [5, 5.41) is 9.48. The van der Waals surface area contributed by atoms with E-state index in [0.717, 1.165) is 19.4 Å². The first-order valence-corrected chi connectivity index (χ1v) is 7.18. The zero-order chi connectivity index (χ0) is 14.5. The van der Waals surface area contributed by atoms with Gasteiger partial charge >= 0.3 is 5.97 Å². The first-order valence-electron chi connectivity index (χ1n) is 6.81. The predicted molar refractivity (Wildman–Crippen MR) is 77.2 cm³/mol. The van der Waals surface area contributed by atoms with Gasteiger partial charge in [0.05, 0.1) is 6.42 Å². The van der Waals surface area contributed by atoms with Crippen LogP contribution in [0.1, 0.15) is 36.0 Å². The molecule has 1 aromatic carbocycles. The predicted octanol–water partition coefficient (Wildman–Crippen LogP) is 2.85. The van der Waals surface area contributed by atoms with E-state index in [1.165, 1.54) is 0 Å². The van der Waals surface area contributed by atoms with Gasteiger partial charge in [0, 0.05) is 29.6 Å². The van der Waals surface area contributed by atoms with Gasteiger partial charge in [-0.3, -0.25) is 14.5 Å². The van der Waals surface area contributed by atoms with Gasteiger partial charge in [0.25, 0.3) is 0 Å². The average Bonchev–Trinajstić information content (AvgIpc) is 2.83. The van der Waals surface area contributed by atoms with Crippen molar-refractivity contribution >= 4 is 23.4 Å². The van der Waals surface area contributed by atoms with E-state index in [4.69, 9.17) is 16.7 Å². The highest BCUT2D eigenvalue weighted by Gasteiger charge is 2.26. The molecular formula is C15H18ClNO3. The minimum Gasteiger partial charge on any atom is -0.481 e. The molecule has 1 aromatic rings. The summed E-state index contributed by atoms with van der Waals surface area (Å²) in [5.41, 5.74) is 0.656. The van der Waals surface area contributed by atoms with E-state index in [1.54, 1.807) is 24.3 Å². The molecule has 0 amide bonds. The van der Waals surface area contributed by atoms with Crippen LogP contribution in [0.4, 0.5) is 0 Å². The van der Waals surface area contributed by atoms with Crippen molar-refractivity contribution in [1.82, 2.24) is 4.90 Å². The number of benzene rings is 1. The topological polar surface area (TPSA) is 57.6 Å². The van der Waals surface area contributed by atoms with Gasteiger partial charge < -0.3 is 5.11 Å². The zero-order valence-corrected chi connectivity index (χ0v) is 12.0. The third kappa shape index (κ3) is 4.05. The standard InChI is InChI=1S/C15H18ClNO3/c16-12-5-3-11(4-6-12)14(18)7-9-17-8-1-2-13(17)10-15(19)20/h3-6,13H,1-2,7-10H2,(H,19,20). The van der Waals surface area contributed by atoms with Crippen LogP contribution in [0.2, 0.25) is 5.02 Å². The smallest absolute Gasteiger partial charge is 0.304 e. The van der Waals surface area contributed by atoms with Crippen molar-refractivity contribution in [3.8, 4) is 0 Å². The number of halogens is 1. The van der Waals surface area contributed by atoms with Crippen LogP contribution < -0.4 is 0 Å². The second kappa shape index (κ2) is 6.86. The second-order valence-electron chi connectivity index (χ2n) is 5.11. The Morgan fingerprint density at radius 1 is 1.30 bits per heavy atom. The van der Waals surface area contributed by atoms with Crippen molar-refractivity contribution < 1.29 is 14.7 Å². The van der Waals surface area contributed by atoms with Crippen molar-refractivity contribution in [2.24, 2.45) is 0 Å². The number of likely N-dealkylation sites (tertiary alicyclic amines) is 1. The number of rotatable bonds is 6. The Kier molecular flexibility index (Phi) is 5.15. The molecule has 0 saturated carbocycles. The molecule has 0 aliphatic carbocycles. The van der Waals surface area contributed by atoms with Gasteiger partial charge in [-0.15, -0.1) is 0 Å². The summed E-state index contributed by atoms with van der Waals surface area (Å²) in [7, 11) is 0. The van der Waals surface area contributed by atoms with Gasteiger partial charge in [0.15, 0.2) is 5.78 Å². The molecular weight excluding hydrogens is 278 g/mol. The Morgan fingerprint density at radius 2 is 2.00 bits per heavy atom. The van der Waals surface area contributed by atoms with E-state index < -0.39 is 5.97 Å². The lowest BCUT2D eigenvalue weighted by molar-refractivity contribution is -0.138. The Bertz CT molecular complexity index is 486. The maximum absolute atomic E-state index is 12.1. The van der Waals surface area contributed by atoms with Gasteiger partial charge in [0.2, 0.25) is 0 Å². The Balaban J connectivity index is 1.86. The molecule has 1 saturated heterocycles. The molecule has 0 aromatic heterocycles. The van der Waals surface area contributed by atoms with E-state index in [2.05, 4.69) is 4.90 Å². The molecule has 1 aliphatic heterocycles. The fraction of sp³-hybridized carbons (Fsp3) is 0.467.